The van der Waals surface area contributed by atoms with Gasteiger partial charge in [-0.1, -0.05) is 42.5 Å². The van der Waals surface area contributed by atoms with Crippen molar-refractivity contribution in [2.24, 2.45) is 7.05 Å². The zero-order chi connectivity index (χ0) is 40.9. The van der Waals surface area contributed by atoms with Crippen LogP contribution in [-0.2, 0) is 35.7 Å². The van der Waals surface area contributed by atoms with Gasteiger partial charge in [0, 0.05) is 37.6 Å². The number of nitrogens with one attached hydrogen (secondary N) is 1. The van der Waals surface area contributed by atoms with Crippen LogP contribution in [0, 0.1) is 11.6 Å². The first-order chi connectivity index (χ1) is 26.3. The number of pyridine rings is 1. The fraction of sp³-hybridized carbons (Fsp3) is 0.308. The van der Waals surface area contributed by atoms with Crippen molar-refractivity contribution >= 4 is 39.2 Å². The molecule has 0 bridgehead atoms. The Hall–Kier alpha value is -5.55. The Bertz CT molecular complexity index is 2390. The Morgan fingerprint density at radius 3 is 2.23 bits per heavy atom. The molecule has 0 radical (unpaired) electrons. The van der Waals surface area contributed by atoms with E-state index in [0.717, 1.165) is 4.57 Å². The van der Waals surface area contributed by atoms with Crippen molar-refractivity contribution in [1.29, 1.82) is 0 Å². The lowest BCUT2D eigenvalue weighted by Gasteiger charge is -2.38. The number of carboxylic acid groups (broad SMARTS) is 1. The standard InChI is InChI=1S/C39H34F8N4O5/c1-49(2)18-20-10-11-30-26(14-20)34(39(45,46)47)32(36(53)50(30)3)25-9-5-7-23-21(6-4-8-24(23)25)15-29(37(54)55)48-35(52)33-27(40)16-22(17-28(33)41)51-12-13-56-19-31(51)38(42,43)44/h4-11,14,16-17,29,31H,12-13,15,18-19H2,1-3H3,(H,48,52)(H,54,55)/t29-,31+/m0/s1. The minimum absolute atomic E-state index is 0.0589. The maximum Gasteiger partial charge on any atom is 0.417 e. The monoisotopic (exact) mass is 790 g/mol. The number of anilines is 1. The Labute approximate surface area is 313 Å². The number of carbonyl (C=O) groups excluding carboxylic acids is 1. The molecule has 1 aromatic heterocycles. The van der Waals surface area contributed by atoms with Crippen molar-refractivity contribution in [1.82, 2.24) is 14.8 Å². The molecule has 0 unspecified atom stereocenters. The Morgan fingerprint density at radius 2 is 1.61 bits per heavy atom. The van der Waals surface area contributed by atoms with Gasteiger partial charge in [0.1, 0.15) is 29.3 Å². The van der Waals surface area contributed by atoms with Crippen LogP contribution in [0.2, 0.25) is 0 Å². The first kappa shape index (κ1) is 40.1. The molecule has 296 valence electrons. The lowest BCUT2D eigenvalue weighted by Crippen LogP contribution is -2.53. The summed E-state index contributed by atoms with van der Waals surface area (Å²) in [6.45, 7) is -0.974. The first-order valence-electron chi connectivity index (χ1n) is 17.1. The molecule has 2 atom stereocenters. The second-order valence-electron chi connectivity index (χ2n) is 13.7. The van der Waals surface area contributed by atoms with Gasteiger partial charge in [-0.05, 0) is 65.8 Å². The average Bonchev–Trinajstić information content (AvgIpc) is 3.11. The molecule has 56 heavy (non-hydrogen) atoms. The van der Waals surface area contributed by atoms with Crippen molar-refractivity contribution < 1.29 is 54.6 Å². The maximum absolute atomic E-state index is 15.3. The van der Waals surface area contributed by atoms with Crippen LogP contribution in [0.4, 0.5) is 40.8 Å². The Balaban J connectivity index is 1.38. The van der Waals surface area contributed by atoms with E-state index in [0.29, 0.717) is 29.1 Å². The molecule has 17 heteroatoms. The van der Waals surface area contributed by atoms with Gasteiger partial charge in [0.05, 0.1) is 29.9 Å². The van der Waals surface area contributed by atoms with Crippen LogP contribution in [0.1, 0.15) is 27.0 Å². The average molecular weight is 791 g/mol. The van der Waals surface area contributed by atoms with Crippen molar-refractivity contribution in [3.8, 4) is 11.1 Å². The summed E-state index contributed by atoms with van der Waals surface area (Å²) < 4.78 is 123. The van der Waals surface area contributed by atoms with E-state index in [2.05, 4.69) is 5.32 Å². The van der Waals surface area contributed by atoms with E-state index in [9.17, 15) is 32.7 Å². The third kappa shape index (κ3) is 7.77. The molecule has 1 saturated heterocycles. The summed E-state index contributed by atoms with van der Waals surface area (Å²) >= 11 is 0. The van der Waals surface area contributed by atoms with Gasteiger partial charge in [0.2, 0.25) is 0 Å². The van der Waals surface area contributed by atoms with Crippen LogP contribution >= 0.6 is 0 Å². The molecule has 0 spiro atoms. The smallest absolute Gasteiger partial charge is 0.417 e. The minimum Gasteiger partial charge on any atom is -0.480 e. The maximum atomic E-state index is 15.3. The van der Waals surface area contributed by atoms with Gasteiger partial charge in [-0.25, -0.2) is 13.6 Å². The number of hydrogen-bond acceptors (Lipinski definition) is 6. The van der Waals surface area contributed by atoms with Crippen LogP contribution < -0.4 is 15.8 Å². The van der Waals surface area contributed by atoms with Crippen LogP contribution in [-0.4, -0.2) is 78.6 Å². The predicted molar refractivity (Wildman–Crippen MR) is 191 cm³/mol. The third-order valence-electron chi connectivity index (χ3n) is 9.64. The van der Waals surface area contributed by atoms with Crippen molar-refractivity contribution in [3.63, 3.8) is 0 Å². The summed E-state index contributed by atoms with van der Waals surface area (Å²) in [4.78, 5) is 41.9. The normalized spacial score (nSPS) is 15.8. The van der Waals surface area contributed by atoms with Crippen molar-refractivity contribution in [2.45, 2.75) is 37.4 Å². The number of alkyl halides is 6. The van der Waals surface area contributed by atoms with E-state index in [1.165, 1.54) is 55.6 Å². The zero-order valence-electron chi connectivity index (χ0n) is 30.0. The Morgan fingerprint density at radius 1 is 0.946 bits per heavy atom. The molecule has 2 N–H and O–H groups in total. The number of carboxylic acids is 1. The summed E-state index contributed by atoms with van der Waals surface area (Å²) in [6.07, 6.45) is -10.3. The third-order valence-corrected chi connectivity index (χ3v) is 9.64. The minimum atomic E-state index is -4.98. The predicted octanol–water partition coefficient (Wildman–Crippen LogP) is 6.91. The van der Waals surface area contributed by atoms with Gasteiger partial charge >= 0.3 is 18.3 Å². The number of ether oxygens (including phenoxy) is 1. The van der Waals surface area contributed by atoms with Gasteiger partial charge < -0.3 is 29.5 Å². The number of amides is 1. The molecule has 1 aliphatic rings. The molecule has 9 nitrogen and oxygen atoms in total. The highest BCUT2D eigenvalue weighted by molar-refractivity contribution is 6.02. The van der Waals surface area contributed by atoms with Gasteiger partial charge in [-0.2, -0.15) is 26.3 Å². The largest absolute Gasteiger partial charge is 0.480 e. The SMILES string of the molecule is CN(C)Cc1ccc2c(c1)c(C(F)(F)F)c(-c1cccc3c(C[C@H](NC(=O)c4c(F)cc(N5CCOC[C@@H]5C(F)(F)F)cc4F)C(=O)O)cccc13)c(=O)n2C. The number of aliphatic carboxylic acids is 1. The van der Waals surface area contributed by atoms with E-state index in [1.54, 1.807) is 25.1 Å². The molecule has 1 fully saturated rings. The molecular weight excluding hydrogens is 756 g/mol. The zero-order valence-corrected chi connectivity index (χ0v) is 30.0. The van der Waals surface area contributed by atoms with Gasteiger partial charge in [0.15, 0.2) is 0 Å². The van der Waals surface area contributed by atoms with Crippen molar-refractivity contribution in [2.75, 3.05) is 38.8 Å². The number of fused-ring (bicyclic) bond motifs is 2. The number of benzene rings is 4. The molecular formula is C39H34F8N4O5. The lowest BCUT2D eigenvalue weighted by molar-refractivity contribution is -0.167. The second kappa shape index (κ2) is 15.2. The number of halogens is 8. The number of aromatic nitrogens is 1. The molecule has 1 aliphatic heterocycles. The fourth-order valence-electron chi connectivity index (χ4n) is 7.15. The van der Waals surface area contributed by atoms with Crippen LogP contribution in [0.5, 0.6) is 0 Å². The van der Waals surface area contributed by atoms with Gasteiger partial charge in [-0.3, -0.25) is 9.59 Å². The molecule has 0 aliphatic carbocycles. The number of rotatable bonds is 9. The molecule has 0 saturated carbocycles. The van der Waals surface area contributed by atoms with E-state index < -0.39 is 88.9 Å². The highest BCUT2D eigenvalue weighted by atomic mass is 19.4. The molecule has 2 heterocycles. The lowest BCUT2D eigenvalue weighted by atomic mass is 9.90. The quantitative estimate of drug-likeness (QED) is 0.157. The van der Waals surface area contributed by atoms with Crippen LogP contribution in [0.15, 0.2) is 71.5 Å². The molecule has 5 aromatic rings. The van der Waals surface area contributed by atoms with E-state index >= 15 is 22.0 Å². The number of aryl methyl sites for hydroxylation is 1. The summed E-state index contributed by atoms with van der Waals surface area (Å²) in [7, 11) is 4.87. The van der Waals surface area contributed by atoms with E-state index in [-0.39, 0.29) is 46.0 Å². The summed E-state index contributed by atoms with van der Waals surface area (Å²) in [5.41, 5.74) is -3.73. The fourth-order valence-corrected chi connectivity index (χ4v) is 7.15. The van der Waals surface area contributed by atoms with Crippen LogP contribution in [0.3, 0.4) is 0 Å². The molecule has 6 rings (SSSR count). The molecule has 1 amide bonds. The summed E-state index contributed by atoms with van der Waals surface area (Å²) in [5.74, 6) is -6.25. The topological polar surface area (TPSA) is 104 Å². The summed E-state index contributed by atoms with van der Waals surface area (Å²) in [6, 6.07) is 10.1. The van der Waals surface area contributed by atoms with Crippen molar-refractivity contribution in [3.05, 3.63) is 111 Å². The number of carbonyl (C=O) groups is 2. The number of hydrogen-bond donors (Lipinski definition) is 2. The van der Waals surface area contributed by atoms with Gasteiger partial charge in [-0.15, -0.1) is 0 Å². The number of nitrogens with zero attached hydrogens (tertiary/aromatic N) is 3. The molecule has 4 aromatic carbocycles. The first-order valence-corrected chi connectivity index (χ1v) is 17.1. The summed E-state index contributed by atoms with van der Waals surface area (Å²) in [5, 5.41) is 12.3. The second-order valence-corrected chi connectivity index (χ2v) is 13.7. The van der Waals surface area contributed by atoms with E-state index in [4.69, 9.17) is 4.74 Å². The van der Waals surface area contributed by atoms with E-state index in [1.807, 2.05) is 0 Å². The Kier molecular flexibility index (Phi) is 10.9. The highest BCUT2D eigenvalue weighted by Crippen LogP contribution is 2.42. The highest BCUT2D eigenvalue weighted by Gasteiger charge is 2.46. The van der Waals surface area contributed by atoms with Gasteiger partial charge in [0.25, 0.3) is 11.5 Å². The van der Waals surface area contributed by atoms with Crippen LogP contribution in [0.25, 0.3) is 32.8 Å². The number of morpholine rings is 1.